The SMILES string of the molecule is CC1Cc2cc(/C(O)=C3/C(=O)C(=O)N(Cc4ccco4)C3c3ccc(N(C)C)cc3)ccc2O1. The fourth-order valence-corrected chi connectivity index (χ4v) is 4.64. The Hall–Kier alpha value is -4.00. The fourth-order valence-electron chi connectivity index (χ4n) is 4.64. The first kappa shape index (κ1) is 21.8. The highest BCUT2D eigenvalue weighted by atomic mass is 16.5. The summed E-state index contributed by atoms with van der Waals surface area (Å²) in [6, 6.07) is 15.7. The van der Waals surface area contributed by atoms with E-state index in [0.717, 1.165) is 29.0 Å². The Balaban J connectivity index is 1.62. The van der Waals surface area contributed by atoms with E-state index in [1.54, 1.807) is 24.3 Å². The first-order valence-corrected chi connectivity index (χ1v) is 11.2. The molecule has 0 aliphatic carbocycles. The van der Waals surface area contributed by atoms with Crippen molar-refractivity contribution in [2.75, 3.05) is 19.0 Å². The zero-order valence-electron chi connectivity index (χ0n) is 19.3. The number of ketones is 1. The predicted molar refractivity (Wildman–Crippen MR) is 128 cm³/mol. The molecule has 1 N–H and O–H groups in total. The molecule has 0 bridgehead atoms. The number of aliphatic hydroxyl groups excluding tert-OH is 1. The third kappa shape index (κ3) is 3.73. The number of nitrogens with zero attached hydrogens (tertiary/aromatic N) is 2. The van der Waals surface area contributed by atoms with E-state index in [1.165, 1.54) is 11.2 Å². The van der Waals surface area contributed by atoms with Crippen LogP contribution in [0, 0.1) is 0 Å². The zero-order valence-corrected chi connectivity index (χ0v) is 19.3. The highest BCUT2D eigenvalue weighted by Gasteiger charge is 2.46. The lowest BCUT2D eigenvalue weighted by atomic mass is 9.94. The van der Waals surface area contributed by atoms with Crippen molar-refractivity contribution in [3.63, 3.8) is 0 Å². The molecule has 0 radical (unpaired) electrons. The summed E-state index contributed by atoms with van der Waals surface area (Å²) in [6.07, 6.45) is 2.31. The Morgan fingerprint density at radius 2 is 1.88 bits per heavy atom. The molecule has 3 heterocycles. The fraction of sp³-hybridized carbons (Fsp3) is 0.259. The summed E-state index contributed by atoms with van der Waals surface area (Å²) in [5, 5.41) is 11.3. The number of likely N-dealkylation sites (tertiary alicyclic amines) is 1. The van der Waals surface area contributed by atoms with Crippen molar-refractivity contribution >= 4 is 23.1 Å². The van der Waals surface area contributed by atoms with Crippen molar-refractivity contribution in [2.24, 2.45) is 0 Å². The van der Waals surface area contributed by atoms with Crippen LogP contribution in [-0.2, 0) is 22.6 Å². The molecular formula is C27H26N2O5. The van der Waals surface area contributed by atoms with Gasteiger partial charge < -0.3 is 24.1 Å². The lowest BCUT2D eigenvalue weighted by Gasteiger charge is -2.25. The molecule has 2 unspecified atom stereocenters. The summed E-state index contributed by atoms with van der Waals surface area (Å²) >= 11 is 0. The molecule has 1 saturated heterocycles. The normalized spacial score (nSPS) is 21.0. The molecule has 7 nitrogen and oxygen atoms in total. The second-order valence-corrected chi connectivity index (χ2v) is 8.95. The summed E-state index contributed by atoms with van der Waals surface area (Å²) in [5.41, 5.74) is 3.24. The topological polar surface area (TPSA) is 83.2 Å². The molecule has 0 spiro atoms. The molecule has 2 aromatic carbocycles. The van der Waals surface area contributed by atoms with E-state index in [-0.39, 0.29) is 24.0 Å². The van der Waals surface area contributed by atoms with Crippen LogP contribution in [0.3, 0.4) is 0 Å². The van der Waals surface area contributed by atoms with Gasteiger partial charge in [0, 0.05) is 31.8 Å². The number of anilines is 1. The lowest BCUT2D eigenvalue weighted by molar-refractivity contribution is -0.140. The average molecular weight is 459 g/mol. The van der Waals surface area contributed by atoms with Crippen molar-refractivity contribution < 1.29 is 23.8 Å². The van der Waals surface area contributed by atoms with Gasteiger partial charge in [-0.2, -0.15) is 0 Å². The van der Waals surface area contributed by atoms with Crippen molar-refractivity contribution in [3.8, 4) is 5.75 Å². The van der Waals surface area contributed by atoms with E-state index in [4.69, 9.17) is 9.15 Å². The third-order valence-corrected chi connectivity index (χ3v) is 6.34. The van der Waals surface area contributed by atoms with Crippen molar-refractivity contribution in [3.05, 3.63) is 88.9 Å². The van der Waals surface area contributed by atoms with Gasteiger partial charge in [-0.15, -0.1) is 0 Å². The molecule has 2 atom stereocenters. The van der Waals surface area contributed by atoms with E-state index in [9.17, 15) is 14.7 Å². The van der Waals surface area contributed by atoms with Gasteiger partial charge in [0.15, 0.2) is 0 Å². The Labute approximate surface area is 197 Å². The van der Waals surface area contributed by atoms with Gasteiger partial charge in [0.2, 0.25) is 0 Å². The number of furan rings is 1. The number of hydrogen-bond acceptors (Lipinski definition) is 6. The van der Waals surface area contributed by atoms with Gasteiger partial charge in [-0.1, -0.05) is 12.1 Å². The van der Waals surface area contributed by atoms with Crippen LogP contribution in [0.2, 0.25) is 0 Å². The summed E-state index contributed by atoms with van der Waals surface area (Å²) in [4.78, 5) is 29.8. The van der Waals surface area contributed by atoms with Crippen molar-refractivity contribution in [1.82, 2.24) is 4.90 Å². The van der Waals surface area contributed by atoms with E-state index in [2.05, 4.69) is 0 Å². The number of aliphatic hydroxyl groups is 1. The smallest absolute Gasteiger partial charge is 0.296 e. The second-order valence-electron chi connectivity index (χ2n) is 8.95. The molecule has 2 aliphatic rings. The largest absolute Gasteiger partial charge is 0.507 e. The number of hydrogen-bond donors (Lipinski definition) is 1. The number of amides is 1. The minimum Gasteiger partial charge on any atom is -0.507 e. The monoisotopic (exact) mass is 458 g/mol. The van der Waals surface area contributed by atoms with Gasteiger partial charge in [-0.25, -0.2) is 0 Å². The average Bonchev–Trinajstić information content (AvgIpc) is 3.53. The number of carbonyl (C=O) groups excluding carboxylic acids is 2. The maximum atomic E-state index is 13.2. The minimum atomic E-state index is -0.746. The summed E-state index contributed by atoms with van der Waals surface area (Å²) < 4.78 is 11.2. The van der Waals surface area contributed by atoms with Crippen LogP contribution in [0.5, 0.6) is 5.75 Å². The second kappa shape index (κ2) is 8.41. The highest BCUT2D eigenvalue weighted by molar-refractivity contribution is 6.46. The van der Waals surface area contributed by atoms with Crippen LogP contribution in [0.25, 0.3) is 5.76 Å². The van der Waals surface area contributed by atoms with Crippen LogP contribution in [0.15, 0.2) is 70.9 Å². The quantitative estimate of drug-likeness (QED) is 0.349. The highest BCUT2D eigenvalue weighted by Crippen LogP contribution is 2.41. The Morgan fingerprint density at radius 1 is 1.12 bits per heavy atom. The molecule has 2 aliphatic heterocycles. The number of ether oxygens (including phenoxy) is 1. The molecule has 1 fully saturated rings. The van der Waals surface area contributed by atoms with Crippen LogP contribution in [0.4, 0.5) is 5.69 Å². The lowest BCUT2D eigenvalue weighted by Crippen LogP contribution is -2.29. The molecule has 1 amide bonds. The van der Waals surface area contributed by atoms with Gasteiger partial charge in [0.1, 0.15) is 23.4 Å². The van der Waals surface area contributed by atoms with Crippen molar-refractivity contribution in [1.29, 1.82) is 0 Å². The van der Waals surface area contributed by atoms with E-state index < -0.39 is 17.7 Å². The Morgan fingerprint density at radius 3 is 2.56 bits per heavy atom. The molecule has 5 rings (SSSR count). The molecule has 3 aromatic rings. The third-order valence-electron chi connectivity index (χ3n) is 6.34. The molecule has 34 heavy (non-hydrogen) atoms. The molecule has 7 heteroatoms. The molecular weight excluding hydrogens is 432 g/mol. The van der Waals surface area contributed by atoms with Crippen LogP contribution in [-0.4, -0.2) is 41.9 Å². The van der Waals surface area contributed by atoms with E-state index in [1.807, 2.05) is 56.3 Å². The predicted octanol–water partition coefficient (Wildman–Crippen LogP) is 4.29. The Bertz CT molecular complexity index is 1270. The van der Waals surface area contributed by atoms with E-state index in [0.29, 0.717) is 11.3 Å². The maximum Gasteiger partial charge on any atom is 0.296 e. The first-order valence-electron chi connectivity index (χ1n) is 11.2. The van der Waals surface area contributed by atoms with Crippen LogP contribution in [0.1, 0.15) is 35.4 Å². The Kier molecular flexibility index (Phi) is 5.40. The number of rotatable bonds is 5. The van der Waals surface area contributed by atoms with Gasteiger partial charge in [0.05, 0.1) is 24.4 Å². The standard InChI is InChI=1S/C27H26N2O5/c1-16-13-19-14-18(8-11-22(19)34-16)25(30)23-24(17-6-9-20(10-7-17)28(2)3)29(27(32)26(23)31)15-21-5-4-12-33-21/h4-12,14,16,24,30H,13,15H2,1-3H3/b25-23-. The van der Waals surface area contributed by atoms with Gasteiger partial charge >= 0.3 is 0 Å². The minimum absolute atomic E-state index is 0.0569. The molecule has 174 valence electrons. The maximum absolute atomic E-state index is 13.2. The zero-order chi connectivity index (χ0) is 24.0. The number of fused-ring (bicyclic) bond motifs is 1. The molecule has 0 saturated carbocycles. The van der Waals surface area contributed by atoms with Crippen molar-refractivity contribution in [2.45, 2.75) is 32.0 Å². The van der Waals surface area contributed by atoms with Gasteiger partial charge in [-0.3, -0.25) is 9.59 Å². The summed E-state index contributed by atoms with van der Waals surface area (Å²) in [5.74, 6) is -0.239. The van der Waals surface area contributed by atoms with Crippen LogP contribution >= 0.6 is 0 Å². The van der Waals surface area contributed by atoms with E-state index >= 15 is 0 Å². The molecule has 1 aromatic heterocycles. The van der Waals surface area contributed by atoms with Gasteiger partial charge in [-0.05, 0) is 60.5 Å². The number of Topliss-reactive ketones (excluding diaryl/α,β-unsaturated/α-hetero) is 1. The summed E-state index contributed by atoms with van der Waals surface area (Å²) in [6.45, 7) is 2.10. The van der Waals surface area contributed by atoms with Crippen LogP contribution < -0.4 is 9.64 Å². The first-order chi connectivity index (χ1) is 16.3. The number of benzene rings is 2. The number of carbonyl (C=O) groups is 2. The summed E-state index contributed by atoms with van der Waals surface area (Å²) in [7, 11) is 3.88. The van der Waals surface area contributed by atoms with Gasteiger partial charge in [0.25, 0.3) is 11.7 Å².